The smallest absolute Gasteiger partial charge is 0.145 e. The molecule has 2 N–H and O–H groups in total. The Hall–Kier alpha value is -2.35. The minimum absolute atomic E-state index is 0.478. The molecule has 2 heterocycles. The van der Waals surface area contributed by atoms with Crippen LogP contribution in [0.2, 0.25) is 0 Å². The van der Waals surface area contributed by atoms with E-state index in [-0.39, 0.29) is 0 Å². The fraction of sp³-hybridized carbons (Fsp3) is 0.100. The second-order valence-corrected chi connectivity index (χ2v) is 3.09. The normalized spacial score (nSPS) is 9.80. The van der Waals surface area contributed by atoms with Crippen LogP contribution in [0.5, 0.6) is 0 Å². The van der Waals surface area contributed by atoms with Gasteiger partial charge in [0.2, 0.25) is 0 Å². The molecule has 2 aromatic rings. The number of rotatable bonds is 2. The first-order valence-electron chi connectivity index (χ1n) is 4.42. The molecule has 0 unspecified atom stereocenters. The molecule has 0 bridgehead atoms. The molecule has 0 aliphatic rings. The van der Waals surface area contributed by atoms with Crippen LogP contribution < -0.4 is 5.73 Å². The standard InChI is InChI=1S/C10H9N5/c11-6-8-1-3-13-9(5-8)7-15-4-2-10(12)14-15/h1-5H,7H2,(H2,12,14). The number of nitriles is 1. The van der Waals surface area contributed by atoms with Crippen LogP contribution in [0.15, 0.2) is 30.6 Å². The summed E-state index contributed by atoms with van der Waals surface area (Å²) >= 11 is 0. The van der Waals surface area contributed by atoms with Crippen molar-refractivity contribution in [1.82, 2.24) is 14.8 Å². The first-order chi connectivity index (χ1) is 7.28. The maximum atomic E-state index is 8.71. The number of nitrogens with zero attached hydrogens (tertiary/aromatic N) is 4. The zero-order valence-corrected chi connectivity index (χ0v) is 7.96. The largest absolute Gasteiger partial charge is 0.382 e. The van der Waals surface area contributed by atoms with Gasteiger partial charge in [-0.1, -0.05) is 0 Å². The van der Waals surface area contributed by atoms with Gasteiger partial charge in [-0.3, -0.25) is 9.67 Å². The molecule has 0 saturated heterocycles. The maximum absolute atomic E-state index is 8.71. The van der Waals surface area contributed by atoms with Crippen molar-refractivity contribution in [2.45, 2.75) is 6.54 Å². The first kappa shape index (κ1) is 9.21. The third-order valence-corrected chi connectivity index (χ3v) is 1.93. The van der Waals surface area contributed by atoms with Crippen molar-refractivity contribution in [3.05, 3.63) is 41.9 Å². The molecule has 5 heteroatoms. The van der Waals surface area contributed by atoms with E-state index in [1.807, 2.05) is 0 Å². The van der Waals surface area contributed by atoms with Gasteiger partial charge in [-0.25, -0.2) is 0 Å². The van der Waals surface area contributed by atoms with E-state index in [1.54, 1.807) is 35.3 Å². The number of nitrogen functional groups attached to an aromatic ring is 1. The summed E-state index contributed by atoms with van der Waals surface area (Å²) in [6.45, 7) is 0.521. The number of hydrogen-bond donors (Lipinski definition) is 1. The van der Waals surface area contributed by atoms with Gasteiger partial charge in [-0.2, -0.15) is 10.4 Å². The highest BCUT2D eigenvalue weighted by molar-refractivity contribution is 5.29. The SMILES string of the molecule is N#Cc1ccnc(Cn2ccc(N)n2)c1. The third-order valence-electron chi connectivity index (χ3n) is 1.93. The Morgan fingerprint density at radius 2 is 2.33 bits per heavy atom. The highest BCUT2D eigenvalue weighted by Gasteiger charge is 1.99. The molecule has 5 nitrogen and oxygen atoms in total. The Kier molecular flexibility index (Phi) is 2.33. The Balaban J connectivity index is 2.21. The monoisotopic (exact) mass is 199 g/mol. The van der Waals surface area contributed by atoms with Gasteiger partial charge in [0.15, 0.2) is 0 Å². The fourth-order valence-electron chi connectivity index (χ4n) is 1.27. The number of aromatic nitrogens is 3. The molecular weight excluding hydrogens is 190 g/mol. The van der Waals surface area contributed by atoms with Gasteiger partial charge in [0.05, 0.1) is 23.9 Å². The summed E-state index contributed by atoms with van der Waals surface area (Å²) in [6, 6.07) is 7.18. The molecule has 15 heavy (non-hydrogen) atoms. The quantitative estimate of drug-likeness (QED) is 0.775. The molecule has 0 saturated carbocycles. The number of pyridine rings is 1. The lowest BCUT2D eigenvalue weighted by Gasteiger charge is -2.00. The van der Waals surface area contributed by atoms with Crippen LogP contribution in [0, 0.1) is 11.3 Å². The summed E-state index contributed by atoms with van der Waals surface area (Å²) in [5.41, 5.74) is 6.87. The summed E-state index contributed by atoms with van der Waals surface area (Å²) < 4.78 is 1.68. The summed E-state index contributed by atoms with van der Waals surface area (Å²) in [5.74, 6) is 0.478. The Labute approximate surface area is 86.8 Å². The molecular formula is C10H9N5. The molecule has 0 fully saturated rings. The molecule has 0 aliphatic carbocycles. The van der Waals surface area contributed by atoms with E-state index < -0.39 is 0 Å². The lowest BCUT2D eigenvalue weighted by molar-refractivity contribution is 0.675. The lowest BCUT2D eigenvalue weighted by atomic mass is 10.2. The lowest BCUT2D eigenvalue weighted by Crippen LogP contribution is -2.03. The minimum Gasteiger partial charge on any atom is -0.382 e. The molecule has 2 aromatic heterocycles. The Morgan fingerprint density at radius 1 is 1.47 bits per heavy atom. The molecule has 0 amide bonds. The average molecular weight is 199 g/mol. The van der Waals surface area contributed by atoms with Gasteiger partial charge in [0.25, 0.3) is 0 Å². The molecule has 0 radical (unpaired) electrons. The van der Waals surface area contributed by atoms with E-state index in [9.17, 15) is 0 Å². The molecule has 0 atom stereocenters. The van der Waals surface area contributed by atoms with E-state index in [0.29, 0.717) is 17.9 Å². The van der Waals surface area contributed by atoms with Gasteiger partial charge in [0, 0.05) is 12.4 Å². The minimum atomic E-state index is 0.478. The van der Waals surface area contributed by atoms with Crippen molar-refractivity contribution < 1.29 is 0 Å². The zero-order chi connectivity index (χ0) is 10.7. The second kappa shape index (κ2) is 3.80. The van der Waals surface area contributed by atoms with Gasteiger partial charge >= 0.3 is 0 Å². The Morgan fingerprint density at radius 3 is 3.00 bits per heavy atom. The van der Waals surface area contributed by atoms with Gasteiger partial charge < -0.3 is 5.73 Å². The van der Waals surface area contributed by atoms with E-state index in [4.69, 9.17) is 11.0 Å². The molecule has 2 rings (SSSR count). The van der Waals surface area contributed by atoms with Gasteiger partial charge in [-0.05, 0) is 18.2 Å². The number of hydrogen-bond acceptors (Lipinski definition) is 4. The van der Waals surface area contributed by atoms with Crippen LogP contribution in [0.1, 0.15) is 11.3 Å². The van der Waals surface area contributed by atoms with Gasteiger partial charge in [0.1, 0.15) is 5.82 Å². The highest BCUT2D eigenvalue weighted by atomic mass is 15.3. The summed E-state index contributed by atoms with van der Waals surface area (Å²) in [5, 5.41) is 12.7. The van der Waals surface area contributed by atoms with E-state index in [2.05, 4.69) is 16.2 Å². The van der Waals surface area contributed by atoms with Crippen LogP contribution in [-0.4, -0.2) is 14.8 Å². The molecule has 0 aromatic carbocycles. The van der Waals surface area contributed by atoms with E-state index >= 15 is 0 Å². The zero-order valence-electron chi connectivity index (χ0n) is 7.96. The van der Waals surface area contributed by atoms with Crippen molar-refractivity contribution in [3.63, 3.8) is 0 Å². The van der Waals surface area contributed by atoms with Crippen LogP contribution in [0.25, 0.3) is 0 Å². The van der Waals surface area contributed by atoms with Crippen LogP contribution in [0.3, 0.4) is 0 Å². The van der Waals surface area contributed by atoms with Crippen LogP contribution >= 0.6 is 0 Å². The topological polar surface area (TPSA) is 80.5 Å². The maximum Gasteiger partial charge on any atom is 0.145 e. The number of anilines is 1. The molecule has 74 valence electrons. The summed E-state index contributed by atoms with van der Waals surface area (Å²) in [4.78, 5) is 4.14. The van der Waals surface area contributed by atoms with Crippen molar-refractivity contribution in [1.29, 1.82) is 5.26 Å². The van der Waals surface area contributed by atoms with Crippen LogP contribution in [0.4, 0.5) is 5.82 Å². The van der Waals surface area contributed by atoms with E-state index in [1.165, 1.54) is 0 Å². The van der Waals surface area contributed by atoms with Gasteiger partial charge in [-0.15, -0.1) is 0 Å². The Bertz CT molecular complexity index is 509. The van der Waals surface area contributed by atoms with Crippen molar-refractivity contribution in [2.75, 3.05) is 5.73 Å². The van der Waals surface area contributed by atoms with Crippen molar-refractivity contribution >= 4 is 5.82 Å². The predicted octanol–water partition coefficient (Wildman–Crippen LogP) is 0.780. The average Bonchev–Trinajstić information content (AvgIpc) is 2.64. The number of nitrogens with two attached hydrogens (primary N) is 1. The predicted molar refractivity (Wildman–Crippen MR) is 54.7 cm³/mol. The fourth-order valence-corrected chi connectivity index (χ4v) is 1.27. The second-order valence-electron chi connectivity index (χ2n) is 3.09. The third kappa shape index (κ3) is 2.11. The molecule has 0 spiro atoms. The first-order valence-corrected chi connectivity index (χ1v) is 4.42. The van der Waals surface area contributed by atoms with Crippen molar-refractivity contribution in [2.24, 2.45) is 0 Å². The highest BCUT2D eigenvalue weighted by Crippen LogP contribution is 2.03. The summed E-state index contributed by atoms with van der Waals surface area (Å²) in [7, 11) is 0. The molecule has 0 aliphatic heterocycles. The summed E-state index contributed by atoms with van der Waals surface area (Å²) in [6.07, 6.45) is 3.39. The van der Waals surface area contributed by atoms with Crippen LogP contribution in [-0.2, 0) is 6.54 Å². The van der Waals surface area contributed by atoms with Crippen molar-refractivity contribution in [3.8, 4) is 6.07 Å². The van der Waals surface area contributed by atoms with E-state index in [0.717, 1.165) is 5.69 Å².